The monoisotopic (exact) mass is 194 g/mol. The standard InChI is InChI=1S/C7H14O4S/c1-3-5-6-7(4-2)11-12(8,9)10/h4,7H,2-3,5-6H2,1H3,(H,8,9,10)/t7-/m0/s1. The van der Waals surface area contributed by atoms with Crippen molar-refractivity contribution in [3.8, 4) is 0 Å². The summed E-state index contributed by atoms with van der Waals surface area (Å²) in [6, 6.07) is 0. The van der Waals surface area contributed by atoms with E-state index in [9.17, 15) is 8.42 Å². The highest BCUT2D eigenvalue weighted by Crippen LogP contribution is 2.07. The maximum absolute atomic E-state index is 10.2. The van der Waals surface area contributed by atoms with Crippen molar-refractivity contribution < 1.29 is 17.2 Å². The van der Waals surface area contributed by atoms with Crippen molar-refractivity contribution in [2.24, 2.45) is 0 Å². The molecule has 0 saturated carbocycles. The fraction of sp³-hybridized carbons (Fsp3) is 0.714. The summed E-state index contributed by atoms with van der Waals surface area (Å²) in [4.78, 5) is 0. The minimum absolute atomic E-state index is 0.555. The Morgan fingerprint density at radius 2 is 2.25 bits per heavy atom. The largest absolute Gasteiger partial charge is 0.397 e. The van der Waals surface area contributed by atoms with E-state index in [0.717, 1.165) is 12.8 Å². The zero-order valence-corrected chi connectivity index (χ0v) is 7.88. The van der Waals surface area contributed by atoms with Gasteiger partial charge in [-0.15, -0.1) is 6.58 Å². The molecule has 12 heavy (non-hydrogen) atoms. The van der Waals surface area contributed by atoms with Gasteiger partial charge in [0, 0.05) is 0 Å². The Balaban J connectivity index is 3.92. The first-order chi connectivity index (χ1) is 5.49. The van der Waals surface area contributed by atoms with Crippen molar-refractivity contribution in [1.29, 1.82) is 0 Å². The normalized spacial score (nSPS) is 14.2. The molecule has 1 N–H and O–H groups in total. The summed E-state index contributed by atoms with van der Waals surface area (Å²) in [5, 5.41) is 0. The second-order valence-electron chi connectivity index (χ2n) is 2.44. The van der Waals surface area contributed by atoms with Crippen LogP contribution in [0, 0.1) is 0 Å². The topological polar surface area (TPSA) is 63.6 Å². The Morgan fingerprint density at radius 1 is 1.67 bits per heavy atom. The average molecular weight is 194 g/mol. The highest BCUT2D eigenvalue weighted by Gasteiger charge is 2.12. The predicted molar refractivity (Wildman–Crippen MR) is 46.1 cm³/mol. The van der Waals surface area contributed by atoms with E-state index in [1.54, 1.807) is 0 Å². The lowest BCUT2D eigenvalue weighted by Gasteiger charge is -2.09. The quantitative estimate of drug-likeness (QED) is 0.514. The van der Waals surface area contributed by atoms with E-state index >= 15 is 0 Å². The molecule has 0 bridgehead atoms. The van der Waals surface area contributed by atoms with E-state index in [1.165, 1.54) is 6.08 Å². The molecule has 0 aliphatic carbocycles. The fourth-order valence-corrected chi connectivity index (χ4v) is 1.25. The SMILES string of the molecule is C=C[C@@H](CCCC)OS(=O)(=O)O. The van der Waals surface area contributed by atoms with Crippen LogP contribution < -0.4 is 0 Å². The Morgan fingerprint density at radius 3 is 2.58 bits per heavy atom. The number of hydrogen-bond donors (Lipinski definition) is 1. The van der Waals surface area contributed by atoms with Gasteiger partial charge in [0.1, 0.15) is 0 Å². The molecule has 4 nitrogen and oxygen atoms in total. The smallest absolute Gasteiger partial charge is 0.264 e. The predicted octanol–water partition coefficient (Wildman–Crippen LogP) is 1.55. The molecular formula is C7H14O4S. The van der Waals surface area contributed by atoms with Gasteiger partial charge in [-0.3, -0.25) is 4.55 Å². The summed E-state index contributed by atoms with van der Waals surface area (Å²) in [6.07, 6.45) is 3.09. The van der Waals surface area contributed by atoms with Gasteiger partial charge >= 0.3 is 10.4 Å². The lowest BCUT2D eigenvalue weighted by Crippen LogP contribution is -2.15. The van der Waals surface area contributed by atoms with Crippen molar-refractivity contribution in [3.05, 3.63) is 12.7 Å². The Kier molecular flexibility index (Phi) is 5.12. The molecule has 0 aliphatic heterocycles. The molecule has 1 atom stereocenters. The van der Waals surface area contributed by atoms with Crippen molar-refractivity contribution >= 4 is 10.4 Å². The number of unbranched alkanes of at least 4 members (excludes halogenated alkanes) is 1. The van der Waals surface area contributed by atoms with E-state index in [-0.39, 0.29) is 0 Å². The zero-order valence-electron chi connectivity index (χ0n) is 7.06. The minimum Gasteiger partial charge on any atom is -0.264 e. The van der Waals surface area contributed by atoms with E-state index in [1.807, 2.05) is 6.92 Å². The molecule has 0 heterocycles. The average Bonchev–Trinajstić information content (AvgIpc) is 1.95. The molecule has 0 aromatic carbocycles. The summed E-state index contributed by atoms with van der Waals surface area (Å²) in [5.41, 5.74) is 0. The molecular weight excluding hydrogens is 180 g/mol. The first-order valence-electron chi connectivity index (χ1n) is 3.78. The fourth-order valence-electron chi connectivity index (χ4n) is 0.767. The molecule has 0 aliphatic rings. The molecule has 0 aromatic rings. The van der Waals surface area contributed by atoms with Crippen LogP contribution in [0.2, 0.25) is 0 Å². The first-order valence-corrected chi connectivity index (χ1v) is 5.14. The van der Waals surface area contributed by atoms with Crippen LogP contribution in [-0.4, -0.2) is 19.1 Å². The molecule has 0 aromatic heterocycles. The van der Waals surface area contributed by atoms with Crippen LogP contribution in [-0.2, 0) is 14.6 Å². The second-order valence-corrected chi connectivity index (χ2v) is 3.49. The third-order valence-corrected chi connectivity index (χ3v) is 1.84. The third-order valence-electron chi connectivity index (χ3n) is 1.35. The van der Waals surface area contributed by atoms with Crippen LogP contribution in [0.15, 0.2) is 12.7 Å². The molecule has 0 radical (unpaired) electrons. The van der Waals surface area contributed by atoms with Crippen LogP contribution in [0.1, 0.15) is 26.2 Å². The van der Waals surface area contributed by atoms with E-state index in [2.05, 4.69) is 10.8 Å². The van der Waals surface area contributed by atoms with Gasteiger partial charge in [-0.2, -0.15) is 8.42 Å². The van der Waals surface area contributed by atoms with Crippen LogP contribution in [0.25, 0.3) is 0 Å². The molecule has 0 rings (SSSR count). The highest BCUT2D eigenvalue weighted by molar-refractivity contribution is 7.80. The highest BCUT2D eigenvalue weighted by atomic mass is 32.3. The van der Waals surface area contributed by atoms with Crippen molar-refractivity contribution in [2.45, 2.75) is 32.3 Å². The van der Waals surface area contributed by atoms with Gasteiger partial charge in [0.2, 0.25) is 0 Å². The first kappa shape index (κ1) is 11.6. The van der Waals surface area contributed by atoms with Gasteiger partial charge in [-0.25, -0.2) is 4.18 Å². The molecule has 0 fully saturated rings. The molecule has 5 heteroatoms. The molecule has 0 saturated heterocycles. The lowest BCUT2D eigenvalue weighted by atomic mass is 10.2. The van der Waals surface area contributed by atoms with Gasteiger partial charge in [0.05, 0.1) is 6.10 Å². The second kappa shape index (κ2) is 5.29. The Labute approximate surface area is 73.2 Å². The van der Waals surface area contributed by atoms with Crippen LogP contribution in [0.3, 0.4) is 0 Å². The number of hydrogen-bond acceptors (Lipinski definition) is 3. The van der Waals surface area contributed by atoms with Crippen molar-refractivity contribution in [3.63, 3.8) is 0 Å². The van der Waals surface area contributed by atoms with Gasteiger partial charge in [0.15, 0.2) is 0 Å². The zero-order chi connectivity index (χ0) is 9.61. The van der Waals surface area contributed by atoms with E-state index < -0.39 is 16.5 Å². The Bertz CT molecular complexity index is 220. The summed E-state index contributed by atoms with van der Waals surface area (Å²) >= 11 is 0. The van der Waals surface area contributed by atoms with Gasteiger partial charge < -0.3 is 0 Å². The molecule has 0 spiro atoms. The summed E-state index contributed by atoms with van der Waals surface area (Å²) < 4.78 is 33.1. The summed E-state index contributed by atoms with van der Waals surface area (Å²) in [6.45, 7) is 5.38. The van der Waals surface area contributed by atoms with Crippen LogP contribution in [0.4, 0.5) is 0 Å². The number of rotatable bonds is 6. The van der Waals surface area contributed by atoms with Crippen LogP contribution in [0.5, 0.6) is 0 Å². The maximum Gasteiger partial charge on any atom is 0.397 e. The van der Waals surface area contributed by atoms with Crippen molar-refractivity contribution in [1.82, 2.24) is 0 Å². The third kappa shape index (κ3) is 6.33. The molecule has 0 amide bonds. The van der Waals surface area contributed by atoms with Crippen LogP contribution >= 0.6 is 0 Å². The van der Waals surface area contributed by atoms with Gasteiger partial charge in [-0.1, -0.05) is 25.8 Å². The van der Waals surface area contributed by atoms with Gasteiger partial charge in [0.25, 0.3) is 0 Å². The molecule has 72 valence electrons. The Hall–Kier alpha value is -0.390. The van der Waals surface area contributed by atoms with Crippen molar-refractivity contribution in [2.75, 3.05) is 0 Å². The molecule has 0 unspecified atom stereocenters. The lowest BCUT2D eigenvalue weighted by molar-refractivity contribution is 0.208. The van der Waals surface area contributed by atoms with E-state index in [0.29, 0.717) is 6.42 Å². The van der Waals surface area contributed by atoms with E-state index in [4.69, 9.17) is 4.55 Å². The maximum atomic E-state index is 10.2. The van der Waals surface area contributed by atoms with Gasteiger partial charge in [-0.05, 0) is 6.42 Å². The summed E-state index contributed by atoms with van der Waals surface area (Å²) in [5.74, 6) is 0. The minimum atomic E-state index is -4.34. The summed E-state index contributed by atoms with van der Waals surface area (Å²) in [7, 11) is -4.34.